The highest BCUT2D eigenvalue weighted by atomic mass is 32.2. The highest BCUT2D eigenvalue weighted by Gasteiger charge is 2.34. The number of aromatic nitrogens is 1. The summed E-state index contributed by atoms with van der Waals surface area (Å²) >= 11 is 6.80. The van der Waals surface area contributed by atoms with Gasteiger partial charge in [0.15, 0.2) is 0 Å². The Morgan fingerprint density at radius 3 is 2.41 bits per heavy atom. The molecule has 1 aromatic heterocycles. The molecule has 1 aromatic rings. The molecule has 0 radical (unpaired) electrons. The molecule has 34 heavy (non-hydrogen) atoms. The van der Waals surface area contributed by atoms with Gasteiger partial charge in [-0.25, -0.2) is 0 Å². The van der Waals surface area contributed by atoms with E-state index >= 15 is 0 Å². The van der Waals surface area contributed by atoms with Crippen molar-refractivity contribution in [3.8, 4) is 6.07 Å². The predicted octanol–water partition coefficient (Wildman–Crippen LogP) is 3.83. The summed E-state index contributed by atoms with van der Waals surface area (Å²) < 4.78 is 2.32. The number of nitrogens with zero attached hydrogens (tertiary/aromatic N) is 5. The molecule has 2 aliphatic rings. The topological polar surface area (TPSA) is 72.6 Å². The summed E-state index contributed by atoms with van der Waals surface area (Å²) in [6, 6.07) is 2.13. The van der Waals surface area contributed by atoms with Crippen LogP contribution in [-0.4, -0.2) is 63.9 Å². The van der Waals surface area contributed by atoms with E-state index in [9.17, 15) is 14.9 Å². The van der Waals surface area contributed by atoms with E-state index in [1.54, 1.807) is 9.47 Å². The van der Waals surface area contributed by atoms with E-state index < -0.39 is 0 Å². The van der Waals surface area contributed by atoms with E-state index in [1.807, 2.05) is 13.0 Å². The molecule has 3 rings (SSSR count). The lowest BCUT2D eigenvalue weighted by Crippen LogP contribution is -2.48. The molecular weight excluding hydrogens is 466 g/mol. The van der Waals surface area contributed by atoms with Gasteiger partial charge < -0.3 is 9.80 Å². The fraction of sp³-hybridized carbons (Fsp3) is 0.600. The molecule has 7 nitrogen and oxygen atoms in total. The van der Waals surface area contributed by atoms with Crippen LogP contribution in [0.25, 0.3) is 6.08 Å². The first-order valence-electron chi connectivity index (χ1n) is 12.1. The normalized spacial score (nSPS) is 18.4. The molecule has 2 aliphatic heterocycles. The van der Waals surface area contributed by atoms with Gasteiger partial charge in [0.2, 0.25) is 0 Å². The maximum absolute atomic E-state index is 13.4. The van der Waals surface area contributed by atoms with Crippen LogP contribution in [0.5, 0.6) is 0 Å². The van der Waals surface area contributed by atoms with E-state index in [0.717, 1.165) is 56.9 Å². The van der Waals surface area contributed by atoms with Crippen molar-refractivity contribution in [2.45, 2.75) is 54.0 Å². The van der Waals surface area contributed by atoms with Crippen LogP contribution < -0.4 is 10.5 Å². The zero-order valence-electron chi connectivity index (χ0n) is 20.9. The number of thiocarbonyl (C=S) groups is 1. The van der Waals surface area contributed by atoms with Crippen molar-refractivity contribution in [3.63, 3.8) is 0 Å². The Bertz CT molecular complexity index is 1080. The number of carbonyl (C=O) groups is 1. The second kappa shape index (κ2) is 11.5. The number of piperazine rings is 1. The molecule has 0 spiro atoms. The summed E-state index contributed by atoms with van der Waals surface area (Å²) in [5, 5.41) is 9.83. The zero-order chi connectivity index (χ0) is 25.0. The molecule has 2 fully saturated rings. The lowest BCUT2D eigenvalue weighted by atomic mass is 10.0. The number of carbonyl (C=O) groups excluding carboxylic acids is 1. The van der Waals surface area contributed by atoms with Crippen LogP contribution in [-0.2, 0) is 11.3 Å². The summed E-state index contributed by atoms with van der Waals surface area (Å²) in [6.45, 7) is 15.7. The van der Waals surface area contributed by atoms with Crippen LogP contribution in [0.4, 0.5) is 5.82 Å². The molecule has 184 valence electrons. The average Bonchev–Trinajstić information content (AvgIpc) is 3.07. The largest absolute Gasteiger partial charge is 0.355 e. The van der Waals surface area contributed by atoms with Crippen LogP contribution in [0.3, 0.4) is 0 Å². The van der Waals surface area contributed by atoms with Crippen molar-refractivity contribution >= 4 is 46.1 Å². The van der Waals surface area contributed by atoms with E-state index in [4.69, 9.17) is 12.2 Å². The van der Waals surface area contributed by atoms with Gasteiger partial charge in [0.1, 0.15) is 21.8 Å². The van der Waals surface area contributed by atoms with Crippen LogP contribution in [0, 0.1) is 24.2 Å². The van der Waals surface area contributed by atoms with Crippen molar-refractivity contribution in [1.82, 2.24) is 14.4 Å². The number of rotatable bonds is 8. The Morgan fingerprint density at radius 2 is 1.85 bits per heavy atom. The molecule has 0 atom stereocenters. The molecule has 0 saturated carbocycles. The second-order valence-electron chi connectivity index (χ2n) is 9.27. The van der Waals surface area contributed by atoms with Crippen molar-refractivity contribution in [2.24, 2.45) is 5.92 Å². The SMILES string of the molecule is CCCCn1c(N2CCN(CC)CC2)c(/C=C2\SC(=S)N(CC(C)C)C2=O)c(C)c(C#N)c1=O. The van der Waals surface area contributed by atoms with E-state index in [-0.39, 0.29) is 17.0 Å². The van der Waals surface area contributed by atoms with Gasteiger partial charge in [-0.15, -0.1) is 0 Å². The second-order valence-corrected chi connectivity index (χ2v) is 10.9. The number of amides is 1. The third kappa shape index (κ3) is 5.40. The lowest BCUT2D eigenvalue weighted by Gasteiger charge is -2.37. The minimum Gasteiger partial charge on any atom is -0.355 e. The Balaban J connectivity index is 2.18. The van der Waals surface area contributed by atoms with E-state index in [2.05, 4.69) is 43.6 Å². The van der Waals surface area contributed by atoms with Gasteiger partial charge in [0.05, 0.1) is 4.91 Å². The van der Waals surface area contributed by atoms with Gasteiger partial charge in [0, 0.05) is 44.8 Å². The number of anilines is 1. The molecule has 0 aliphatic carbocycles. The summed E-state index contributed by atoms with van der Waals surface area (Å²) in [4.78, 5) is 33.4. The highest BCUT2D eigenvalue weighted by Crippen LogP contribution is 2.36. The zero-order valence-corrected chi connectivity index (χ0v) is 22.5. The molecule has 2 saturated heterocycles. The number of thioether (sulfide) groups is 1. The Kier molecular flexibility index (Phi) is 8.96. The van der Waals surface area contributed by atoms with Gasteiger partial charge in [-0.1, -0.05) is 58.1 Å². The third-order valence-corrected chi connectivity index (χ3v) is 7.78. The number of likely N-dealkylation sites (N-methyl/N-ethyl adjacent to an activating group) is 1. The number of hydrogen-bond donors (Lipinski definition) is 0. The first-order valence-corrected chi connectivity index (χ1v) is 13.4. The molecule has 0 N–H and O–H groups in total. The van der Waals surface area contributed by atoms with Crippen LogP contribution >= 0.6 is 24.0 Å². The Labute approximate surface area is 212 Å². The number of hydrogen-bond acceptors (Lipinski definition) is 7. The molecule has 0 bridgehead atoms. The molecule has 9 heteroatoms. The van der Waals surface area contributed by atoms with Gasteiger partial charge in [0.25, 0.3) is 11.5 Å². The van der Waals surface area contributed by atoms with Crippen molar-refractivity contribution < 1.29 is 4.79 Å². The van der Waals surface area contributed by atoms with Crippen molar-refractivity contribution in [2.75, 3.05) is 44.2 Å². The molecule has 3 heterocycles. The highest BCUT2D eigenvalue weighted by molar-refractivity contribution is 8.26. The standard InChI is InChI=1S/C25H35N5O2S2/c1-6-8-9-29-22(28-12-10-27(7-2)11-13-28)19(18(5)20(15-26)23(29)31)14-21-24(32)30(16-17(3)4)25(33)34-21/h14,17H,6-13,16H2,1-5H3/b21-14-. The van der Waals surface area contributed by atoms with Gasteiger partial charge in [-0.3, -0.25) is 19.1 Å². The number of unbranched alkanes of at least 4 members (excludes halogenated alkanes) is 1. The molecule has 0 unspecified atom stereocenters. The first kappa shape index (κ1) is 26.5. The van der Waals surface area contributed by atoms with Crippen molar-refractivity contribution in [1.29, 1.82) is 5.26 Å². The summed E-state index contributed by atoms with van der Waals surface area (Å²) in [5.74, 6) is 1.02. The quantitative estimate of drug-likeness (QED) is 0.396. The molecular formula is C25H35N5O2S2. The fourth-order valence-electron chi connectivity index (χ4n) is 4.44. The minimum atomic E-state index is -0.245. The van der Waals surface area contributed by atoms with Gasteiger partial charge in [-0.05, 0) is 37.4 Å². The molecule has 1 amide bonds. The van der Waals surface area contributed by atoms with Gasteiger partial charge >= 0.3 is 0 Å². The summed E-state index contributed by atoms with van der Waals surface area (Å²) in [6.07, 6.45) is 3.64. The number of nitriles is 1. The predicted molar refractivity (Wildman–Crippen MR) is 144 cm³/mol. The Morgan fingerprint density at radius 1 is 1.18 bits per heavy atom. The smallest absolute Gasteiger partial charge is 0.270 e. The van der Waals surface area contributed by atoms with Crippen molar-refractivity contribution in [3.05, 3.63) is 31.9 Å². The first-order chi connectivity index (χ1) is 16.2. The monoisotopic (exact) mass is 501 g/mol. The maximum Gasteiger partial charge on any atom is 0.270 e. The fourth-order valence-corrected chi connectivity index (χ4v) is 5.69. The van der Waals surface area contributed by atoms with Crippen LogP contribution in [0.15, 0.2) is 9.70 Å². The average molecular weight is 502 g/mol. The number of pyridine rings is 1. The van der Waals surface area contributed by atoms with E-state index in [0.29, 0.717) is 33.8 Å². The minimum absolute atomic E-state index is 0.102. The van der Waals surface area contributed by atoms with Gasteiger partial charge in [-0.2, -0.15) is 5.26 Å². The Hall–Kier alpha value is -2.15. The summed E-state index contributed by atoms with van der Waals surface area (Å²) in [5.41, 5.74) is 1.31. The summed E-state index contributed by atoms with van der Waals surface area (Å²) in [7, 11) is 0. The maximum atomic E-state index is 13.4. The van der Waals surface area contributed by atoms with Crippen LogP contribution in [0.1, 0.15) is 57.2 Å². The van der Waals surface area contributed by atoms with Crippen LogP contribution in [0.2, 0.25) is 0 Å². The van der Waals surface area contributed by atoms with E-state index in [1.165, 1.54) is 11.8 Å². The third-order valence-electron chi connectivity index (χ3n) is 6.40. The lowest BCUT2D eigenvalue weighted by molar-refractivity contribution is -0.122. The molecule has 0 aromatic carbocycles.